The zero-order valence-corrected chi connectivity index (χ0v) is 11.3. The topological polar surface area (TPSA) is 38.5 Å². The summed E-state index contributed by atoms with van der Waals surface area (Å²) in [6.07, 6.45) is 3.73. The van der Waals surface area contributed by atoms with Gasteiger partial charge in [0.1, 0.15) is 5.82 Å². The molecule has 1 aliphatic carbocycles. The lowest BCUT2D eigenvalue weighted by molar-refractivity contribution is 0.0255. The van der Waals surface area contributed by atoms with Gasteiger partial charge in [-0.3, -0.25) is 0 Å². The summed E-state index contributed by atoms with van der Waals surface area (Å²) in [5.41, 5.74) is 7.55. The summed E-state index contributed by atoms with van der Waals surface area (Å²) in [6, 6.07) is 5.35. The van der Waals surface area contributed by atoms with E-state index in [0.717, 1.165) is 31.7 Å². The largest absolute Gasteiger partial charge is 0.374 e. The van der Waals surface area contributed by atoms with Crippen LogP contribution in [0.4, 0.5) is 10.1 Å². The van der Waals surface area contributed by atoms with E-state index in [1.807, 2.05) is 13.0 Å². The van der Waals surface area contributed by atoms with Gasteiger partial charge in [-0.2, -0.15) is 0 Å². The molecule has 0 amide bonds. The number of nitrogens with zero attached hydrogens (tertiary/aromatic N) is 1. The monoisotopic (exact) mass is 264 g/mol. The minimum atomic E-state index is -0.293. The molecule has 0 bridgehead atoms. The fraction of sp³-hybridized carbons (Fsp3) is 0.600. The van der Waals surface area contributed by atoms with Crippen molar-refractivity contribution in [3.8, 4) is 0 Å². The molecule has 2 aliphatic rings. The molecule has 19 heavy (non-hydrogen) atoms. The van der Waals surface area contributed by atoms with E-state index in [-0.39, 0.29) is 11.9 Å². The van der Waals surface area contributed by atoms with E-state index in [1.165, 1.54) is 12.5 Å². The molecule has 3 nitrogen and oxygen atoms in total. The molecule has 1 aromatic carbocycles. The molecule has 2 N–H and O–H groups in total. The second-order valence-electron chi connectivity index (χ2n) is 5.56. The zero-order valence-electron chi connectivity index (χ0n) is 11.3. The number of fused-ring (bicyclic) bond motifs is 1. The van der Waals surface area contributed by atoms with Crippen molar-refractivity contribution in [1.82, 2.24) is 0 Å². The number of anilines is 1. The lowest BCUT2D eigenvalue weighted by atomic mass is 10.0. The highest BCUT2D eigenvalue weighted by Crippen LogP contribution is 2.36. The van der Waals surface area contributed by atoms with E-state index in [4.69, 9.17) is 10.5 Å². The Balaban J connectivity index is 1.99. The summed E-state index contributed by atoms with van der Waals surface area (Å²) in [7, 11) is 0. The molecular formula is C15H21FN2O. The minimum absolute atomic E-state index is 0.200. The van der Waals surface area contributed by atoms with Gasteiger partial charge >= 0.3 is 0 Å². The van der Waals surface area contributed by atoms with Crippen molar-refractivity contribution in [2.45, 2.75) is 44.4 Å². The number of ether oxygens (including phenoxy) is 1. The van der Waals surface area contributed by atoms with E-state index in [2.05, 4.69) is 4.90 Å². The number of halogens is 1. The maximum Gasteiger partial charge on any atom is 0.130 e. The van der Waals surface area contributed by atoms with Crippen LogP contribution in [0.1, 0.15) is 37.8 Å². The second-order valence-corrected chi connectivity index (χ2v) is 5.56. The van der Waals surface area contributed by atoms with E-state index in [1.54, 1.807) is 6.07 Å². The van der Waals surface area contributed by atoms with Crippen LogP contribution in [-0.4, -0.2) is 25.3 Å². The third-order valence-corrected chi connectivity index (χ3v) is 4.28. The van der Waals surface area contributed by atoms with Gasteiger partial charge in [0.25, 0.3) is 0 Å². The SMILES string of the molecule is C[C@H](N)c1c(F)cccc1N1CCOC2CCCC21. The van der Waals surface area contributed by atoms with Crippen molar-refractivity contribution in [3.63, 3.8) is 0 Å². The summed E-state index contributed by atoms with van der Waals surface area (Å²) in [5.74, 6) is -0.200. The summed E-state index contributed by atoms with van der Waals surface area (Å²) in [4.78, 5) is 2.31. The van der Waals surface area contributed by atoms with Gasteiger partial charge in [0.15, 0.2) is 0 Å². The Morgan fingerprint density at radius 2 is 2.26 bits per heavy atom. The predicted molar refractivity (Wildman–Crippen MR) is 73.7 cm³/mol. The highest BCUT2D eigenvalue weighted by Gasteiger charge is 2.37. The first kappa shape index (κ1) is 12.9. The number of nitrogens with two attached hydrogens (primary N) is 1. The van der Waals surface area contributed by atoms with Crippen LogP contribution >= 0.6 is 0 Å². The van der Waals surface area contributed by atoms with Gasteiger partial charge in [-0.1, -0.05) is 6.07 Å². The van der Waals surface area contributed by atoms with E-state index < -0.39 is 0 Å². The van der Waals surface area contributed by atoms with Gasteiger partial charge in [0.05, 0.1) is 18.8 Å². The Hall–Kier alpha value is -1.13. The van der Waals surface area contributed by atoms with E-state index >= 15 is 0 Å². The average Bonchev–Trinajstić information content (AvgIpc) is 2.85. The van der Waals surface area contributed by atoms with Crippen molar-refractivity contribution in [1.29, 1.82) is 0 Å². The molecule has 3 atom stereocenters. The Labute approximate surface area is 113 Å². The first-order valence-corrected chi connectivity index (χ1v) is 7.10. The summed E-state index contributed by atoms with van der Waals surface area (Å²) in [5, 5.41) is 0. The van der Waals surface area contributed by atoms with E-state index in [0.29, 0.717) is 17.7 Å². The third-order valence-electron chi connectivity index (χ3n) is 4.28. The van der Waals surface area contributed by atoms with Gasteiger partial charge in [-0.25, -0.2) is 4.39 Å². The lowest BCUT2D eigenvalue weighted by Gasteiger charge is -2.40. The second kappa shape index (κ2) is 5.10. The van der Waals surface area contributed by atoms with Crippen LogP contribution < -0.4 is 10.6 Å². The van der Waals surface area contributed by atoms with Crippen molar-refractivity contribution in [2.75, 3.05) is 18.1 Å². The molecule has 1 saturated carbocycles. The molecule has 104 valence electrons. The highest BCUT2D eigenvalue weighted by atomic mass is 19.1. The van der Waals surface area contributed by atoms with Gasteiger partial charge in [0, 0.05) is 23.8 Å². The molecule has 0 radical (unpaired) electrons. The van der Waals surface area contributed by atoms with E-state index in [9.17, 15) is 4.39 Å². The first-order valence-electron chi connectivity index (χ1n) is 7.10. The predicted octanol–water partition coefficient (Wildman–Crippen LogP) is 2.60. The molecule has 1 saturated heterocycles. The Kier molecular flexibility index (Phi) is 3.46. The van der Waals surface area contributed by atoms with Gasteiger partial charge < -0.3 is 15.4 Å². The maximum atomic E-state index is 14.1. The number of hydrogen-bond donors (Lipinski definition) is 1. The van der Waals surface area contributed by atoms with Crippen LogP contribution in [0.25, 0.3) is 0 Å². The Bertz CT molecular complexity index is 463. The van der Waals surface area contributed by atoms with Crippen LogP contribution in [0.3, 0.4) is 0 Å². The fourth-order valence-electron chi connectivity index (χ4n) is 3.45. The minimum Gasteiger partial charge on any atom is -0.374 e. The van der Waals surface area contributed by atoms with Gasteiger partial charge in [-0.05, 0) is 38.3 Å². The zero-order chi connectivity index (χ0) is 13.4. The quantitative estimate of drug-likeness (QED) is 0.892. The Morgan fingerprint density at radius 3 is 3.05 bits per heavy atom. The van der Waals surface area contributed by atoms with Crippen LogP contribution in [0, 0.1) is 5.82 Å². The van der Waals surface area contributed by atoms with Crippen LogP contribution in [0.5, 0.6) is 0 Å². The molecule has 3 rings (SSSR count). The lowest BCUT2D eigenvalue weighted by Crippen LogP contribution is -2.49. The molecule has 1 aromatic rings. The van der Waals surface area contributed by atoms with Crippen LogP contribution in [0.15, 0.2) is 18.2 Å². The normalized spacial score (nSPS) is 28.3. The first-order chi connectivity index (χ1) is 9.18. The van der Waals surface area contributed by atoms with Crippen molar-refractivity contribution in [3.05, 3.63) is 29.6 Å². The molecule has 4 heteroatoms. The van der Waals surface area contributed by atoms with Crippen molar-refractivity contribution >= 4 is 5.69 Å². The smallest absolute Gasteiger partial charge is 0.130 e. The molecule has 1 heterocycles. The van der Waals surface area contributed by atoms with Crippen LogP contribution in [-0.2, 0) is 4.74 Å². The number of rotatable bonds is 2. The summed E-state index contributed by atoms with van der Waals surface area (Å²) in [6.45, 7) is 3.38. The summed E-state index contributed by atoms with van der Waals surface area (Å²) < 4.78 is 19.9. The average molecular weight is 264 g/mol. The molecular weight excluding hydrogens is 243 g/mol. The standard InChI is InChI=1S/C15H21FN2O/c1-10(17)15-11(16)4-2-6-13(15)18-8-9-19-14-7-3-5-12(14)18/h2,4,6,10,12,14H,3,5,7-9,17H2,1H3/t10-,12?,14?/m0/s1. The summed E-state index contributed by atoms with van der Waals surface area (Å²) >= 11 is 0. The molecule has 0 spiro atoms. The maximum absolute atomic E-state index is 14.1. The molecule has 1 aliphatic heterocycles. The number of hydrogen-bond acceptors (Lipinski definition) is 3. The Morgan fingerprint density at radius 1 is 1.42 bits per heavy atom. The molecule has 2 unspecified atom stereocenters. The van der Waals surface area contributed by atoms with Gasteiger partial charge in [0.2, 0.25) is 0 Å². The number of benzene rings is 1. The molecule has 2 fully saturated rings. The van der Waals surface area contributed by atoms with Gasteiger partial charge in [-0.15, -0.1) is 0 Å². The van der Waals surface area contributed by atoms with Crippen molar-refractivity contribution in [2.24, 2.45) is 5.73 Å². The van der Waals surface area contributed by atoms with Crippen molar-refractivity contribution < 1.29 is 9.13 Å². The molecule has 0 aromatic heterocycles. The number of morpholine rings is 1. The van der Waals surface area contributed by atoms with Crippen LogP contribution in [0.2, 0.25) is 0 Å². The third kappa shape index (κ3) is 2.23. The highest BCUT2D eigenvalue weighted by molar-refractivity contribution is 5.57. The fourth-order valence-corrected chi connectivity index (χ4v) is 3.45.